The Morgan fingerprint density at radius 1 is 1.28 bits per heavy atom. The average molecular weight is 263 g/mol. The monoisotopic (exact) mass is 263 g/mol. The fourth-order valence-electron chi connectivity index (χ4n) is 2.29. The molecule has 98 valence electrons. The van der Waals surface area contributed by atoms with Gasteiger partial charge in [-0.05, 0) is 50.3 Å². The quantitative estimate of drug-likeness (QED) is 0.826. The normalized spacial score (nSPS) is 16.4. The third-order valence-corrected chi connectivity index (χ3v) is 4.05. The first-order valence-corrected chi connectivity index (χ1v) is 6.82. The highest BCUT2D eigenvalue weighted by atomic mass is 32.1. The molecule has 0 unspecified atom stereocenters. The van der Waals surface area contributed by atoms with Crippen molar-refractivity contribution in [1.82, 2.24) is 0 Å². The SMILES string of the molecule is Cc1ccc(C)c(OCC2(CC(N)=S)CC2)c1C. The van der Waals surface area contributed by atoms with Gasteiger partial charge in [0.15, 0.2) is 0 Å². The topological polar surface area (TPSA) is 35.2 Å². The molecule has 1 aromatic rings. The van der Waals surface area contributed by atoms with Crippen molar-refractivity contribution in [2.24, 2.45) is 11.1 Å². The molecule has 1 aromatic carbocycles. The van der Waals surface area contributed by atoms with E-state index in [1.54, 1.807) is 0 Å². The van der Waals surface area contributed by atoms with Gasteiger partial charge in [-0.3, -0.25) is 0 Å². The summed E-state index contributed by atoms with van der Waals surface area (Å²) in [6.07, 6.45) is 3.16. The zero-order valence-corrected chi connectivity index (χ0v) is 12.2. The molecule has 2 rings (SSSR count). The van der Waals surface area contributed by atoms with Crippen molar-refractivity contribution in [2.45, 2.75) is 40.0 Å². The molecule has 1 aliphatic carbocycles. The number of thiocarbonyl (C=S) groups is 1. The lowest BCUT2D eigenvalue weighted by Crippen LogP contribution is -2.21. The van der Waals surface area contributed by atoms with Crippen LogP contribution in [0.2, 0.25) is 0 Å². The van der Waals surface area contributed by atoms with Gasteiger partial charge in [0, 0.05) is 11.8 Å². The van der Waals surface area contributed by atoms with Gasteiger partial charge in [-0.1, -0.05) is 24.4 Å². The summed E-state index contributed by atoms with van der Waals surface area (Å²) < 4.78 is 6.06. The molecule has 0 spiro atoms. The van der Waals surface area contributed by atoms with E-state index in [2.05, 4.69) is 32.9 Å². The van der Waals surface area contributed by atoms with Gasteiger partial charge in [-0.25, -0.2) is 0 Å². The molecule has 0 radical (unpaired) electrons. The maximum Gasteiger partial charge on any atom is 0.125 e. The van der Waals surface area contributed by atoms with Gasteiger partial charge in [-0.2, -0.15) is 0 Å². The van der Waals surface area contributed by atoms with Gasteiger partial charge in [0.2, 0.25) is 0 Å². The van der Waals surface area contributed by atoms with Gasteiger partial charge < -0.3 is 10.5 Å². The van der Waals surface area contributed by atoms with Crippen molar-refractivity contribution < 1.29 is 4.74 Å². The largest absolute Gasteiger partial charge is 0.492 e. The van der Waals surface area contributed by atoms with Crippen LogP contribution in [0.5, 0.6) is 5.75 Å². The summed E-state index contributed by atoms with van der Waals surface area (Å²) in [6, 6.07) is 4.25. The average Bonchev–Trinajstić information content (AvgIpc) is 3.03. The molecule has 1 fully saturated rings. The van der Waals surface area contributed by atoms with E-state index >= 15 is 0 Å². The van der Waals surface area contributed by atoms with Crippen LogP contribution in [0, 0.1) is 26.2 Å². The zero-order chi connectivity index (χ0) is 13.3. The van der Waals surface area contributed by atoms with Crippen LogP contribution < -0.4 is 10.5 Å². The number of benzene rings is 1. The summed E-state index contributed by atoms with van der Waals surface area (Å²) in [5, 5.41) is 0. The van der Waals surface area contributed by atoms with E-state index in [1.165, 1.54) is 29.5 Å². The molecule has 0 bridgehead atoms. The molecular weight excluding hydrogens is 242 g/mol. The minimum atomic E-state index is 0.217. The van der Waals surface area contributed by atoms with Crippen molar-refractivity contribution in [1.29, 1.82) is 0 Å². The van der Waals surface area contributed by atoms with Gasteiger partial charge in [-0.15, -0.1) is 0 Å². The zero-order valence-electron chi connectivity index (χ0n) is 11.4. The first kappa shape index (κ1) is 13.3. The maximum atomic E-state index is 6.06. The molecule has 0 atom stereocenters. The summed E-state index contributed by atoms with van der Waals surface area (Å²) in [4.78, 5) is 0.605. The summed E-state index contributed by atoms with van der Waals surface area (Å²) in [7, 11) is 0. The second-order valence-electron chi connectivity index (χ2n) is 5.59. The second-order valence-corrected chi connectivity index (χ2v) is 6.11. The highest BCUT2D eigenvalue weighted by Crippen LogP contribution is 2.49. The van der Waals surface area contributed by atoms with Gasteiger partial charge in [0.05, 0.1) is 11.6 Å². The van der Waals surface area contributed by atoms with Crippen molar-refractivity contribution >= 4 is 17.2 Å². The maximum absolute atomic E-state index is 6.06. The molecule has 0 heterocycles. The predicted molar refractivity (Wildman–Crippen MR) is 79.2 cm³/mol. The van der Waals surface area contributed by atoms with E-state index < -0.39 is 0 Å². The lowest BCUT2D eigenvalue weighted by Gasteiger charge is -2.19. The molecule has 2 nitrogen and oxygen atoms in total. The fourth-order valence-corrected chi connectivity index (χ4v) is 2.60. The van der Waals surface area contributed by atoms with Crippen molar-refractivity contribution in [3.8, 4) is 5.75 Å². The van der Waals surface area contributed by atoms with Gasteiger partial charge in [0.25, 0.3) is 0 Å². The first-order chi connectivity index (χ1) is 8.43. The Labute approximate surface area is 115 Å². The Hall–Kier alpha value is -1.09. The molecule has 18 heavy (non-hydrogen) atoms. The van der Waals surface area contributed by atoms with Crippen LogP contribution >= 0.6 is 12.2 Å². The van der Waals surface area contributed by atoms with Crippen LogP contribution in [-0.4, -0.2) is 11.6 Å². The van der Waals surface area contributed by atoms with Crippen LogP contribution in [0.25, 0.3) is 0 Å². The van der Waals surface area contributed by atoms with Crippen LogP contribution in [0.1, 0.15) is 36.0 Å². The first-order valence-electron chi connectivity index (χ1n) is 6.41. The summed E-state index contributed by atoms with van der Waals surface area (Å²) in [5.74, 6) is 1.03. The Morgan fingerprint density at radius 2 is 1.89 bits per heavy atom. The highest BCUT2D eigenvalue weighted by Gasteiger charge is 2.44. The molecule has 1 aliphatic rings. The third kappa shape index (κ3) is 2.83. The van der Waals surface area contributed by atoms with Crippen molar-refractivity contribution in [3.05, 3.63) is 28.8 Å². The van der Waals surface area contributed by atoms with Crippen molar-refractivity contribution in [3.63, 3.8) is 0 Å². The van der Waals surface area contributed by atoms with E-state index in [9.17, 15) is 0 Å². The van der Waals surface area contributed by atoms with Crippen LogP contribution in [0.3, 0.4) is 0 Å². The van der Waals surface area contributed by atoms with E-state index in [1.807, 2.05) is 0 Å². The van der Waals surface area contributed by atoms with Gasteiger partial charge >= 0.3 is 0 Å². The predicted octanol–water partition coefficient (Wildman–Crippen LogP) is 3.45. The fraction of sp³-hybridized carbons (Fsp3) is 0.533. The van der Waals surface area contributed by atoms with Gasteiger partial charge in [0.1, 0.15) is 5.75 Å². The molecule has 0 aromatic heterocycles. The summed E-state index contributed by atoms with van der Waals surface area (Å²) in [5.41, 5.74) is 9.57. The molecule has 0 saturated heterocycles. The molecule has 0 aliphatic heterocycles. The number of aryl methyl sites for hydroxylation is 2. The van der Waals surface area contributed by atoms with Crippen LogP contribution in [-0.2, 0) is 0 Å². The number of nitrogens with two attached hydrogens (primary N) is 1. The summed E-state index contributed by atoms with van der Waals surface area (Å²) in [6.45, 7) is 7.05. The molecule has 2 N–H and O–H groups in total. The number of hydrogen-bond donors (Lipinski definition) is 1. The number of ether oxygens (including phenoxy) is 1. The lowest BCUT2D eigenvalue weighted by atomic mass is 10.0. The minimum Gasteiger partial charge on any atom is -0.492 e. The molecule has 0 amide bonds. The van der Waals surface area contributed by atoms with E-state index in [0.29, 0.717) is 4.99 Å². The third-order valence-electron chi connectivity index (χ3n) is 3.90. The van der Waals surface area contributed by atoms with Crippen molar-refractivity contribution in [2.75, 3.05) is 6.61 Å². The Balaban J connectivity index is 2.07. The standard InChI is InChI=1S/C15H21NOS/c1-10-4-5-11(2)14(12(10)3)17-9-15(6-7-15)8-13(16)18/h4-5H,6-9H2,1-3H3,(H2,16,18). The summed E-state index contributed by atoms with van der Waals surface area (Å²) >= 11 is 5.01. The number of hydrogen-bond acceptors (Lipinski definition) is 2. The minimum absolute atomic E-state index is 0.217. The molecule has 1 saturated carbocycles. The van der Waals surface area contributed by atoms with E-state index in [-0.39, 0.29) is 5.41 Å². The van der Waals surface area contributed by atoms with E-state index in [0.717, 1.165) is 18.8 Å². The lowest BCUT2D eigenvalue weighted by molar-refractivity contribution is 0.236. The van der Waals surface area contributed by atoms with Crippen LogP contribution in [0.15, 0.2) is 12.1 Å². The molecular formula is C15H21NOS. The van der Waals surface area contributed by atoms with Crippen LogP contribution in [0.4, 0.5) is 0 Å². The Kier molecular flexibility index (Phi) is 3.62. The Morgan fingerprint density at radius 3 is 2.44 bits per heavy atom. The molecule has 3 heteroatoms. The highest BCUT2D eigenvalue weighted by molar-refractivity contribution is 7.80. The Bertz CT molecular complexity index is 478. The second kappa shape index (κ2) is 4.88. The number of rotatable bonds is 5. The van der Waals surface area contributed by atoms with E-state index in [4.69, 9.17) is 22.7 Å². The smallest absolute Gasteiger partial charge is 0.125 e.